The molecule has 0 aromatic heterocycles. The van der Waals surface area contributed by atoms with Gasteiger partial charge in [0, 0.05) is 16.5 Å². The van der Waals surface area contributed by atoms with E-state index in [9.17, 15) is 0 Å². The fraction of sp³-hybridized carbons (Fsp3) is 0.562. The molecule has 3 rings (SSSR count). The Bertz CT molecular complexity index is 488. The Hall–Kier alpha value is -1.15. The fourth-order valence-corrected chi connectivity index (χ4v) is 3.58. The highest BCUT2D eigenvalue weighted by molar-refractivity contribution is 6.05. The Labute approximate surface area is 110 Å². The van der Waals surface area contributed by atoms with Crippen LogP contribution >= 0.6 is 0 Å². The summed E-state index contributed by atoms with van der Waals surface area (Å²) in [7, 11) is 0. The van der Waals surface area contributed by atoms with Gasteiger partial charge in [-0.3, -0.25) is 4.99 Å². The molecule has 0 atom stereocenters. The van der Waals surface area contributed by atoms with E-state index in [-0.39, 0.29) is 10.8 Å². The van der Waals surface area contributed by atoms with Crippen molar-refractivity contribution in [3.63, 3.8) is 0 Å². The number of benzene rings is 1. The van der Waals surface area contributed by atoms with Crippen molar-refractivity contribution in [1.82, 2.24) is 5.32 Å². The van der Waals surface area contributed by atoms with Crippen molar-refractivity contribution >= 4 is 11.4 Å². The molecule has 2 aliphatic rings. The maximum absolute atomic E-state index is 4.99. The van der Waals surface area contributed by atoms with Crippen molar-refractivity contribution in [1.29, 1.82) is 0 Å². The molecule has 1 saturated heterocycles. The fourth-order valence-electron chi connectivity index (χ4n) is 3.58. The van der Waals surface area contributed by atoms with E-state index in [1.165, 1.54) is 29.8 Å². The second-order valence-electron chi connectivity index (χ2n) is 6.56. The standard InChI is InChI=1S/C16H22N2/c1-15(2,3)14-16(8-10-17-11-9-16)12-6-4-5-7-13(12)18-14/h4-7,17H,8-11H2,1-3H3. The number of piperidine rings is 1. The SMILES string of the molecule is CC(C)(C)C1=Nc2ccccc2C12CCNCC2. The molecule has 0 radical (unpaired) electrons. The Morgan fingerprint density at radius 3 is 2.44 bits per heavy atom. The van der Waals surface area contributed by atoms with Gasteiger partial charge in [0.2, 0.25) is 0 Å². The molecule has 96 valence electrons. The van der Waals surface area contributed by atoms with Crippen LogP contribution in [0.5, 0.6) is 0 Å². The number of hydrogen-bond acceptors (Lipinski definition) is 2. The van der Waals surface area contributed by atoms with E-state index in [1.54, 1.807) is 0 Å². The molecular formula is C16H22N2. The molecule has 0 amide bonds. The first-order chi connectivity index (χ1) is 8.54. The van der Waals surface area contributed by atoms with Crippen LogP contribution in [0.3, 0.4) is 0 Å². The molecule has 0 bridgehead atoms. The number of hydrogen-bond donors (Lipinski definition) is 1. The Kier molecular flexibility index (Phi) is 2.60. The van der Waals surface area contributed by atoms with Gasteiger partial charge in [-0.2, -0.15) is 0 Å². The summed E-state index contributed by atoms with van der Waals surface area (Å²) in [4.78, 5) is 4.99. The maximum Gasteiger partial charge on any atom is 0.0671 e. The van der Waals surface area contributed by atoms with Crippen LogP contribution in [0.1, 0.15) is 39.2 Å². The van der Waals surface area contributed by atoms with Crippen molar-refractivity contribution in [3.8, 4) is 0 Å². The zero-order valence-electron chi connectivity index (χ0n) is 11.6. The first-order valence-electron chi connectivity index (χ1n) is 6.94. The highest BCUT2D eigenvalue weighted by Gasteiger charge is 2.47. The number of rotatable bonds is 0. The van der Waals surface area contributed by atoms with E-state index < -0.39 is 0 Å². The lowest BCUT2D eigenvalue weighted by Crippen LogP contribution is -2.48. The van der Waals surface area contributed by atoms with Crippen LogP contribution in [0.2, 0.25) is 0 Å². The zero-order valence-corrected chi connectivity index (χ0v) is 11.6. The third kappa shape index (κ3) is 1.63. The predicted molar refractivity (Wildman–Crippen MR) is 76.8 cm³/mol. The topological polar surface area (TPSA) is 24.4 Å². The second-order valence-corrected chi connectivity index (χ2v) is 6.56. The van der Waals surface area contributed by atoms with E-state index in [4.69, 9.17) is 4.99 Å². The summed E-state index contributed by atoms with van der Waals surface area (Å²) in [6, 6.07) is 8.70. The lowest BCUT2D eigenvalue weighted by molar-refractivity contribution is 0.376. The third-order valence-electron chi connectivity index (χ3n) is 4.27. The summed E-state index contributed by atoms with van der Waals surface area (Å²) >= 11 is 0. The number of nitrogens with one attached hydrogen (secondary N) is 1. The third-order valence-corrected chi connectivity index (χ3v) is 4.27. The molecule has 2 heterocycles. The van der Waals surface area contributed by atoms with Gasteiger partial charge in [-0.25, -0.2) is 0 Å². The van der Waals surface area contributed by atoms with Gasteiger partial charge in [0.1, 0.15) is 0 Å². The van der Waals surface area contributed by atoms with Crippen LogP contribution in [0.15, 0.2) is 29.3 Å². The molecule has 1 N–H and O–H groups in total. The summed E-state index contributed by atoms with van der Waals surface area (Å²) < 4.78 is 0. The minimum absolute atomic E-state index is 0.149. The van der Waals surface area contributed by atoms with Crippen LogP contribution in [-0.2, 0) is 5.41 Å². The second kappa shape index (κ2) is 3.92. The molecule has 2 nitrogen and oxygen atoms in total. The van der Waals surface area contributed by atoms with Crippen LogP contribution in [0.25, 0.3) is 0 Å². The van der Waals surface area contributed by atoms with Crippen LogP contribution in [-0.4, -0.2) is 18.8 Å². The lowest BCUT2D eigenvalue weighted by atomic mass is 9.64. The first kappa shape index (κ1) is 11.9. The van der Waals surface area contributed by atoms with Gasteiger partial charge in [0.25, 0.3) is 0 Å². The van der Waals surface area contributed by atoms with Crippen molar-refractivity contribution < 1.29 is 0 Å². The van der Waals surface area contributed by atoms with E-state index in [2.05, 4.69) is 50.4 Å². The normalized spacial score (nSPS) is 21.8. The van der Waals surface area contributed by atoms with Gasteiger partial charge in [0.15, 0.2) is 0 Å². The summed E-state index contributed by atoms with van der Waals surface area (Å²) in [5.41, 5.74) is 4.38. The van der Waals surface area contributed by atoms with Gasteiger partial charge < -0.3 is 5.32 Å². The van der Waals surface area contributed by atoms with Gasteiger partial charge in [-0.1, -0.05) is 39.0 Å². The molecule has 1 fully saturated rings. The molecular weight excluding hydrogens is 220 g/mol. The predicted octanol–water partition coefficient (Wildman–Crippen LogP) is 3.44. The van der Waals surface area contributed by atoms with Crippen LogP contribution < -0.4 is 5.32 Å². The van der Waals surface area contributed by atoms with E-state index in [0.29, 0.717) is 0 Å². The van der Waals surface area contributed by atoms with Crippen molar-refractivity contribution in [3.05, 3.63) is 29.8 Å². The van der Waals surface area contributed by atoms with E-state index in [0.717, 1.165) is 13.1 Å². The monoisotopic (exact) mass is 242 g/mol. The largest absolute Gasteiger partial charge is 0.317 e. The first-order valence-corrected chi connectivity index (χ1v) is 6.94. The molecule has 2 heteroatoms. The molecule has 0 unspecified atom stereocenters. The molecule has 1 spiro atoms. The number of aliphatic imine (C=N–C) groups is 1. The summed E-state index contributed by atoms with van der Waals surface area (Å²) in [6.07, 6.45) is 2.36. The Balaban J connectivity index is 2.16. The lowest BCUT2D eigenvalue weighted by Gasteiger charge is -2.40. The van der Waals surface area contributed by atoms with Gasteiger partial charge in [-0.05, 0) is 37.6 Å². The Morgan fingerprint density at radius 2 is 1.78 bits per heavy atom. The minimum Gasteiger partial charge on any atom is -0.317 e. The summed E-state index contributed by atoms with van der Waals surface area (Å²) in [5.74, 6) is 0. The number of para-hydroxylation sites is 1. The Morgan fingerprint density at radius 1 is 1.11 bits per heavy atom. The maximum atomic E-state index is 4.99. The minimum atomic E-state index is 0.149. The van der Waals surface area contributed by atoms with Crippen LogP contribution in [0, 0.1) is 5.41 Å². The average Bonchev–Trinajstić information content (AvgIpc) is 2.66. The van der Waals surface area contributed by atoms with Crippen molar-refractivity contribution in [2.45, 2.75) is 39.0 Å². The molecule has 1 aromatic rings. The van der Waals surface area contributed by atoms with Gasteiger partial charge in [0.05, 0.1) is 5.69 Å². The highest BCUT2D eigenvalue weighted by atomic mass is 14.9. The van der Waals surface area contributed by atoms with Gasteiger partial charge in [-0.15, -0.1) is 0 Å². The molecule has 2 aliphatic heterocycles. The van der Waals surface area contributed by atoms with Crippen LogP contribution in [0.4, 0.5) is 5.69 Å². The molecule has 0 saturated carbocycles. The van der Waals surface area contributed by atoms with Crippen molar-refractivity contribution in [2.24, 2.45) is 10.4 Å². The van der Waals surface area contributed by atoms with E-state index >= 15 is 0 Å². The molecule has 1 aromatic carbocycles. The quantitative estimate of drug-likeness (QED) is 0.740. The van der Waals surface area contributed by atoms with E-state index in [1.807, 2.05) is 0 Å². The number of nitrogens with zero attached hydrogens (tertiary/aromatic N) is 1. The average molecular weight is 242 g/mol. The number of fused-ring (bicyclic) bond motifs is 2. The highest BCUT2D eigenvalue weighted by Crippen LogP contribution is 2.49. The van der Waals surface area contributed by atoms with Gasteiger partial charge >= 0.3 is 0 Å². The summed E-state index contributed by atoms with van der Waals surface area (Å²) in [5, 5.41) is 3.48. The smallest absolute Gasteiger partial charge is 0.0671 e. The summed E-state index contributed by atoms with van der Waals surface area (Å²) in [6.45, 7) is 9.08. The molecule has 18 heavy (non-hydrogen) atoms. The zero-order chi connectivity index (χ0) is 12.8. The van der Waals surface area contributed by atoms with Crippen molar-refractivity contribution in [2.75, 3.05) is 13.1 Å². The molecule has 0 aliphatic carbocycles.